The molecule has 2 aromatic heterocycles. The zero-order chi connectivity index (χ0) is 15.1. The van der Waals surface area contributed by atoms with Gasteiger partial charge in [-0.15, -0.1) is 0 Å². The third kappa shape index (κ3) is 2.21. The van der Waals surface area contributed by atoms with Crippen LogP contribution in [0, 0.1) is 13.8 Å². The Kier molecular flexibility index (Phi) is 3.45. The van der Waals surface area contributed by atoms with Crippen LogP contribution in [-0.4, -0.2) is 15.6 Å². The maximum atomic E-state index is 12.7. The normalized spacial score (nSPS) is 11.2. The van der Waals surface area contributed by atoms with Gasteiger partial charge in [0, 0.05) is 17.6 Å². The number of hydrogen-bond donors (Lipinski definition) is 0. The first kappa shape index (κ1) is 14.1. The van der Waals surface area contributed by atoms with Crippen LogP contribution >= 0.6 is 15.9 Å². The number of aryl methyl sites for hydroxylation is 2. The number of para-hydroxylation sites is 1. The summed E-state index contributed by atoms with van der Waals surface area (Å²) in [6, 6.07) is 7.52. The number of furan rings is 1. The minimum atomic E-state index is -0.118. The highest BCUT2D eigenvalue weighted by molar-refractivity contribution is 9.10. The van der Waals surface area contributed by atoms with Crippen molar-refractivity contribution in [2.24, 2.45) is 0 Å². The van der Waals surface area contributed by atoms with Crippen LogP contribution in [-0.2, 0) is 6.54 Å². The highest BCUT2D eigenvalue weighted by Crippen LogP contribution is 2.29. The Morgan fingerprint density at radius 3 is 2.76 bits per heavy atom. The van der Waals surface area contributed by atoms with E-state index >= 15 is 0 Å². The smallest absolute Gasteiger partial charge is 0.231 e. The van der Waals surface area contributed by atoms with Crippen LogP contribution in [0.15, 0.2) is 33.2 Å². The Labute approximate surface area is 130 Å². The fourth-order valence-electron chi connectivity index (χ4n) is 2.60. The lowest BCUT2D eigenvalue weighted by atomic mass is 10.1. The number of aromatic nitrogens is 2. The molecule has 1 aromatic carbocycles. The standard InChI is InChI=1S/C16H15BrN2O2/c1-4-19-10(3)14(9(2)18-19)15(20)13-8-11-6-5-7-12(17)16(11)21-13/h5-8H,4H2,1-3H3. The van der Waals surface area contributed by atoms with Crippen LogP contribution in [0.5, 0.6) is 0 Å². The van der Waals surface area contributed by atoms with E-state index < -0.39 is 0 Å². The molecule has 3 aromatic rings. The minimum absolute atomic E-state index is 0.118. The molecule has 0 atom stereocenters. The summed E-state index contributed by atoms with van der Waals surface area (Å²) in [5.41, 5.74) is 2.93. The van der Waals surface area contributed by atoms with Gasteiger partial charge in [-0.1, -0.05) is 12.1 Å². The molecule has 0 N–H and O–H groups in total. The summed E-state index contributed by atoms with van der Waals surface area (Å²) in [5.74, 6) is 0.228. The van der Waals surface area contributed by atoms with E-state index in [1.54, 1.807) is 6.07 Å². The molecule has 3 rings (SSSR count). The molecule has 0 amide bonds. The van der Waals surface area contributed by atoms with E-state index in [1.165, 1.54) is 0 Å². The number of benzene rings is 1. The highest BCUT2D eigenvalue weighted by atomic mass is 79.9. The Morgan fingerprint density at radius 1 is 1.38 bits per heavy atom. The summed E-state index contributed by atoms with van der Waals surface area (Å²) in [6.45, 7) is 6.51. The van der Waals surface area contributed by atoms with E-state index in [-0.39, 0.29) is 5.78 Å². The first-order chi connectivity index (χ1) is 10.0. The predicted molar refractivity (Wildman–Crippen MR) is 84.7 cm³/mol. The van der Waals surface area contributed by atoms with Gasteiger partial charge in [0.25, 0.3) is 0 Å². The molecule has 0 radical (unpaired) electrons. The average molecular weight is 347 g/mol. The molecule has 0 fully saturated rings. The first-order valence-corrected chi connectivity index (χ1v) is 7.59. The van der Waals surface area contributed by atoms with Gasteiger partial charge in [-0.25, -0.2) is 0 Å². The number of fused-ring (bicyclic) bond motifs is 1. The SMILES string of the molecule is CCn1nc(C)c(C(=O)c2cc3cccc(Br)c3o2)c1C. The molecule has 0 aliphatic carbocycles. The molecule has 0 bridgehead atoms. The van der Waals surface area contributed by atoms with E-state index in [1.807, 2.05) is 43.7 Å². The Balaban J connectivity index is 2.13. The summed E-state index contributed by atoms with van der Waals surface area (Å²) >= 11 is 3.44. The second-order valence-electron chi connectivity index (χ2n) is 4.96. The molecule has 21 heavy (non-hydrogen) atoms. The van der Waals surface area contributed by atoms with Gasteiger partial charge < -0.3 is 4.42 Å². The second kappa shape index (κ2) is 5.15. The summed E-state index contributed by atoms with van der Waals surface area (Å²) in [6.07, 6.45) is 0. The molecule has 4 nitrogen and oxygen atoms in total. The highest BCUT2D eigenvalue weighted by Gasteiger charge is 2.23. The molecule has 0 saturated heterocycles. The summed E-state index contributed by atoms with van der Waals surface area (Å²) in [4.78, 5) is 12.7. The third-order valence-corrected chi connectivity index (χ3v) is 4.25. The minimum Gasteiger partial charge on any atom is -0.451 e. The largest absolute Gasteiger partial charge is 0.451 e. The molecular formula is C16H15BrN2O2. The lowest BCUT2D eigenvalue weighted by molar-refractivity contribution is 0.101. The number of rotatable bonds is 3. The van der Waals surface area contributed by atoms with Crippen molar-refractivity contribution in [1.29, 1.82) is 0 Å². The zero-order valence-electron chi connectivity index (χ0n) is 12.1. The van der Waals surface area contributed by atoms with E-state index in [2.05, 4.69) is 21.0 Å². The van der Waals surface area contributed by atoms with Crippen LogP contribution in [0.25, 0.3) is 11.0 Å². The van der Waals surface area contributed by atoms with Crippen molar-refractivity contribution in [2.75, 3.05) is 0 Å². The molecule has 5 heteroatoms. The van der Waals surface area contributed by atoms with Crippen molar-refractivity contribution in [3.8, 4) is 0 Å². The number of hydrogen-bond acceptors (Lipinski definition) is 3. The molecule has 0 aliphatic heterocycles. The number of carbonyl (C=O) groups excluding carboxylic acids is 1. The van der Waals surface area contributed by atoms with E-state index in [4.69, 9.17) is 4.42 Å². The van der Waals surface area contributed by atoms with Gasteiger partial charge in [-0.05, 0) is 48.8 Å². The fraction of sp³-hybridized carbons (Fsp3) is 0.250. The van der Waals surface area contributed by atoms with E-state index in [0.717, 1.165) is 27.8 Å². The van der Waals surface area contributed by atoms with Gasteiger partial charge in [0.2, 0.25) is 5.78 Å². The van der Waals surface area contributed by atoms with Crippen molar-refractivity contribution in [3.05, 3.63) is 51.4 Å². The van der Waals surface area contributed by atoms with Crippen molar-refractivity contribution >= 4 is 32.7 Å². The summed E-state index contributed by atoms with van der Waals surface area (Å²) in [7, 11) is 0. The number of halogens is 1. The van der Waals surface area contributed by atoms with Gasteiger partial charge in [-0.2, -0.15) is 5.10 Å². The average Bonchev–Trinajstić information content (AvgIpc) is 3.01. The molecule has 0 saturated carbocycles. The Bertz CT molecular complexity index is 845. The van der Waals surface area contributed by atoms with Crippen LogP contribution in [0.1, 0.15) is 34.4 Å². The van der Waals surface area contributed by atoms with Crippen molar-refractivity contribution < 1.29 is 9.21 Å². The Hall–Kier alpha value is -1.88. The van der Waals surface area contributed by atoms with Gasteiger partial charge in [0.1, 0.15) is 5.58 Å². The third-order valence-electron chi connectivity index (χ3n) is 3.63. The maximum Gasteiger partial charge on any atom is 0.231 e. The summed E-state index contributed by atoms with van der Waals surface area (Å²) in [5, 5.41) is 5.30. The van der Waals surface area contributed by atoms with E-state index in [9.17, 15) is 4.79 Å². The van der Waals surface area contributed by atoms with Crippen LogP contribution in [0.2, 0.25) is 0 Å². The van der Waals surface area contributed by atoms with Gasteiger partial charge in [0.05, 0.1) is 15.7 Å². The lowest BCUT2D eigenvalue weighted by Crippen LogP contribution is -2.04. The maximum absolute atomic E-state index is 12.7. The predicted octanol–water partition coefficient (Wildman–Crippen LogP) is 4.26. The topological polar surface area (TPSA) is 48.0 Å². The summed E-state index contributed by atoms with van der Waals surface area (Å²) < 4.78 is 8.41. The lowest BCUT2D eigenvalue weighted by Gasteiger charge is -2.00. The fourth-order valence-corrected chi connectivity index (χ4v) is 3.06. The zero-order valence-corrected chi connectivity index (χ0v) is 13.7. The first-order valence-electron chi connectivity index (χ1n) is 6.79. The van der Waals surface area contributed by atoms with Crippen LogP contribution in [0.3, 0.4) is 0 Å². The van der Waals surface area contributed by atoms with Crippen LogP contribution < -0.4 is 0 Å². The van der Waals surface area contributed by atoms with E-state index in [0.29, 0.717) is 16.9 Å². The van der Waals surface area contributed by atoms with Gasteiger partial charge >= 0.3 is 0 Å². The molecule has 0 aliphatic rings. The number of carbonyl (C=O) groups is 1. The second-order valence-corrected chi connectivity index (χ2v) is 5.81. The van der Waals surface area contributed by atoms with Gasteiger partial charge in [-0.3, -0.25) is 9.48 Å². The molecule has 2 heterocycles. The molecular weight excluding hydrogens is 332 g/mol. The molecule has 0 unspecified atom stereocenters. The molecule has 0 spiro atoms. The Morgan fingerprint density at radius 2 is 2.14 bits per heavy atom. The van der Waals surface area contributed by atoms with Crippen LogP contribution in [0.4, 0.5) is 0 Å². The monoisotopic (exact) mass is 346 g/mol. The van der Waals surface area contributed by atoms with Crippen molar-refractivity contribution in [1.82, 2.24) is 9.78 Å². The van der Waals surface area contributed by atoms with Crippen molar-refractivity contribution in [3.63, 3.8) is 0 Å². The quantitative estimate of drug-likeness (QED) is 0.665. The van der Waals surface area contributed by atoms with Crippen molar-refractivity contribution in [2.45, 2.75) is 27.3 Å². The van der Waals surface area contributed by atoms with Gasteiger partial charge in [0.15, 0.2) is 5.76 Å². The molecule has 108 valence electrons. The number of ketones is 1. The number of nitrogens with zero attached hydrogens (tertiary/aromatic N) is 2.